The number of aromatic nitrogens is 1. The van der Waals surface area contributed by atoms with Gasteiger partial charge in [-0.3, -0.25) is 0 Å². The lowest BCUT2D eigenvalue weighted by Crippen LogP contribution is -1.82. The summed E-state index contributed by atoms with van der Waals surface area (Å²) in [6.45, 7) is 4.20. The lowest BCUT2D eigenvalue weighted by atomic mass is 10.1. The van der Waals surface area contributed by atoms with E-state index in [1.165, 1.54) is 15.4 Å². The molecular weight excluding hydrogens is 218 g/mol. The van der Waals surface area contributed by atoms with E-state index in [0.29, 0.717) is 0 Å². The van der Waals surface area contributed by atoms with Crippen LogP contribution in [0.4, 0.5) is 0 Å². The zero-order valence-corrected chi connectivity index (χ0v) is 10.6. The van der Waals surface area contributed by atoms with E-state index in [1.54, 1.807) is 18.4 Å². The van der Waals surface area contributed by atoms with Crippen molar-refractivity contribution in [3.63, 3.8) is 0 Å². The quantitative estimate of drug-likeness (QED) is 0.806. The van der Waals surface area contributed by atoms with Gasteiger partial charge in [-0.1, -0.05) is 6.92 Å². The van der Waals surface area contributed by atoms with E-state index in [4.69, 9.17) is 4.74 Å². The standard InChI is InChI=1S/C13H15NOS/c1-4-12-14-9(2)13(16-12)10-5-7-11(15-3)8-6-10/h5-8H,4H2,1-3H3. The monoisotopic (exact) mass is 233 g/mol. The van der Waals surface area contributed by atoms with Crippen molar-refractivity contribution < 1.29 is 4.74 Å². The average Bonchev–Trinajstić information content (AvgIpc) is 2.71. The van der Waals surface area contributed by atoms with Gasteiger partial charge in [0, 0.05) is 0 Å². The van der Waals surface area contributed by atoms with Crippen molar-refractivity contribution in [3.8, 4) is 16.2 Å². The summed E-state index contributed by atoms with van der Waals surface area (Å²) < 4.78 is 5.15. The molecule has 1 heterocycles. The molecule has 1 aromatic heterocycles. The van der Waals surface area contributed by atoms with Crippen LogP contribution in [0.3, 0.4) is 0 Å². The molecule has 0 amide bonds. The fourth-order valence-corrected chi connectivity index (χ4v) is 2.62. The molecule has 0 bridgehead atoms. The fraction of sp³-hybridized carbons (Fsp3) is 0.308. The molecule has 0 radical (unpaired) electrons. The second-order valence-corrected chi connectivity index (χ2v) is 4.69. The van der Waals surface area contributed by atoms with E-state index in [-0.39, 0.29) is 0 Å². The van der Waals surface area contributed by atoms with Crippen LogP contribution in [0, 0.1) is 6.92 Å². The SMILES string of the molecule is CCc1nc(C)c(-c2ccc(OC)cc2)s1. The third-order valence-corrected chi connectivity index (χ3v) is 3.85. The minimum atomic E-state index is 0.890. The molecule has 0 unspecified atom stereocenters. The Morgan fingerprint density at radius 1 is 1.25 bits per heavy atom. The lowest BCUT2D eigenvalue weighted by molar-refractivity contribution is 0.415. The third kappa shape index (κ3) is 2.09. The van der Waals surface area contributed by atoms with Crippen LogP contribution in [0.2, 0.25) is 0 Å². The van der Waals surface area contributed by atoms with Gasteiger partial charge in [-0.15, -0.1) is 11.3 Å². The summed E-state index contributed by atoms with van der Waals surface area (Å²) in [6.07, 6.45) is 1.00. The van der Waals surface area contributed by atoms with Crippen LogP contribution in [0.5, 0.6) is 5.75 Å². The Labute approximate surface area is 99.9 Å². The highest BCUT2D eigenvalue weighted by atomic mass is 32.1. The minimum Gasteiger partial charge on any atom is -0.497 e. The molecule has 0 aliphatic carbocycles. The second kappa shape index (κ2) is 4.66. The van der Waals surface area contributed by atoms with Crippen molar-refractivity contribution in [2.45, 2.75) is 20.3 Å². The molecule has 0 saturated heterocycles. The molecule has 2 nitrogen and oxygen atoms in total. The average molecular weight is 233 g/mol. The molecule has 0 aliphatic heterocycles. The van der Waals surface area contributed by atoms with Crippen LogP contribution in [-0.2, 0) is 6.42 Å². The van der Waals surface area contributed by atoms with Gasteiger partial charge in [0.05, 0.1) is 22.7 Å². The van der Waals surface area contributed by atoms with E-state index in [1.807, 2.05) is 12.1 Å². The number of rotatable bonds is 3. The number of aryl methyl sites for hydroxylation is 2. The highest BCUT2D eigenvalue weighted by molar-refractivity contribution is 7.15. The van der Waals surface area contributed by atoms with E-state index in [2.05, 4.69) is 31.0 Å². The van der Waals surface area contributed by atoms with Crippen molar-refractivity contribution in [1.82, 2.24) is 4.98 Å². The van der Waals surface area contributed by atoms with Gasteiger partial charge in [0.2, 0.25) is 0 Å². The molecule has 16 heavy (non-hydrogen) atoms. The van der Waals surface area contributed by atoms with Gasteiger partial charge >= 0.3 is 0 Å². The van der Waals surface area contributed by atoms with Gasteiger partial charge in [-0.05, 0) is 43.2 Å². The maximum Gasteiger partial charge on any atom is 0.118 e. The number of hydrogen-bond donors (Lipinski definition) is 0. The first-order chi connectivity index (χ1) is 7.74. The first-order valence-electron chi connectivity index (χ1n) is 5.35. The molecule has 0 atom stereocenters. The molecule has 2 aromatic rings. The second-order valence-electron chi connectivity index (χ2n) is 3.60. The van der Waals surface area contributed by atoms with Crippen LogP contribution in [0.15, 0.2) is 24.3 Å². The number of thiazole rings is 1. The van der Waals surface area contributed by atoms with Crippen LogP contribution in [0.1, 0.15) is 17.6 Å². The first-order valence-corrected chi connectivity index (χ1v) is 6.17. The summed E-state index contributed by atoms with van der Waals surface area (Å²) in [4.78, 5) is 5.80. The largest absolute Gasteiger partial charge is 0.497 e. The molecule has 0 N–H and O–H groups in total. The van der Waals surface area contributed by atoms with Gasteiger partial charge in [0.1, 0.15) is 5.75 Å². The number of benzene rings is 1. The van der Waals surface area contributed by atoms with Crippen LogP contribution >= 0.6 is 11.3 Å². The summed E-state index contributed by atoms with van der Waals surface area (Å²) in [5, 5.41) is 1.20. The van der Waals surface area contributed by atoms with Crippen molar-refractivity contribution in [2.75, 3.05) is 7.11 Å². The molecule has 0 fully saturated rings. The van der Waals surface area contributed by atoms with Crippen molar-refractivity contribution in [3.05, 3.63) is 35.0 Å². The number of hydrogen-bond acceptors (Lipinski definition) is 3. The highest BCUT2D eigenvalue weighted by Crippen LogP contribution is 2.31. The first kappa shape index (κ1) is 11.1. The zero-order valence-electron chi connectivity index (χ0n) is 9.78. The van der Waals surface area contributed by atoms with Gasteiger partial charge < -0.3 is 4.74 Å². The molecule has 0 spiro atoms. The van der Waals surface area contributed by atoms with E-state index >= 15 is 0 Å². The topological polar surface area (TPSA) is 22.1 Å². The van der Waals surface area contributed by atoms with Crippen LogP contribution in [0.25, 0.3) is 10.4 Å². The smallest absolute Gasteiger partial charge is 0.118 e. The summed E-state index contributed by atoms with van der Waals surface area (Å²) in [7, 11) is 1.68. The zero-order chi connectivity index (χ0) is 11.5. The Balaban J connectivity index is 2.38. The van der Waals surface area contributed by atoms with Crippen molar-refractivity contribution in [2.24, 2.45) is 0 Å². The minimum absolute atomic E-state index is 0.890. The normalized spacial score (nSPS) is 10.4. The molecule has 0 aliphatic rings. The molecule has 3 heteroatoms. The summed E-state index contributed by atoms with van der Waals surface area (Å²) in [6, 6.07) is 8.14. The Kier molecular flexibility index (Phi) is 3.25. The molecule has 1 aromatic carbocycles. The fourth-order valence-electron chi connectivity index (χ4n) is 1.61. The molecule has 0 saturated carbocycles. The van der Waals surface area contributed by atoms with Crippen LogP contribution in [-0.4, -0.2) is 12.1 Å². The maximum atomic E-state index is 5.15. The van der Waals surface area contributed by atoms with Gasteiger partial charge in [0.25, 0.3) is 0 Å². The van der Waals surface area contributed by atoms with Gasteiger partial charge in [0.15, 0.2) is 0 Å². The number of nitrogens with zero attached hydrogens (tertiary/aromatic N) is 1. The van der Waals surface area contributed by atoms with E-state index in [0.717, 1.165) is 17.9 Å². The predicted octanol–water partition coefficient (Wildman–Crippen LogP) is 3.69. The summed E-state index contributed by atoms with van der Waals surface area (Å²) >= 11 is 1.77. The van der Waals surface area contributed by atoms with E-state index in [9.17, 15) is 0 Å². The summed E-state index contributed by atoms with van der Waals surface area (Å²) in [5.74, 6) is 0.890. The Morgan fingerprint density at radius 3 is 2.44 bits per heavy atom. The Hall–Kier alpha value is -1.35. The summed E-state index contributed by atoms with van der Waals surface area (Å²) in [5.41, 5.74) is 2.34. The lowest BCUT2D eigenvalue weighted by Gasteiger charge is -2.01. The molecular formula is C13H15NOS. The van der Waals surface area contributed by atoms with Crippen LogP contribution < -0.4 is 4.74 Å². The Bertz CT molecular complexity index is 473. The predicted molar refractivity (Wildman–Crippen MR) is 68.2 cm³/mol. The highest BCUT2D eigenvalue weighted by Gasteiger charge is 2.08. The van der Waals surface area contributed by atoms with Gasteiger partial charge in [-0.2, -0.15) is 0 Å². The van der Waals surface area contributed by atoms with Gasteiger partial charge in [-0.25, -0.2) is 4.98 Å². The maximum absolute atomic E-state index is 5.15. The third-order valence-electron chi connectivity index (χ3n) is 2.50. The number of methoxy groups -OCH3 is 1. The van der Waals surface area contributed by atoms with Crippen molar-refractivity contribution >= 4 is 11.3 Å². The van der Waals surface area contributed by atoms with E-state index < -0.39 is 0 Å². The number of ether oxygens (including phenoxy) is 1. The van der Waals surface area contributed by atoms with Crippen molar-refractivity contribution in [1.29, 1.82) is 0 Å². The Morgan fingerprint density at radius 2 is 1.94 bits per heavy atom. The molecule has 2 rings (SSSR count). The molecule has 84 valence electrons.